The minimum absolute atomic E-state index is 0.158. The van der Waals surface area contributed by atoms with Crippen molar-refractivity contribution in [1.82, 2.24) is 9.88 Å². The number of nitrogens with two attached hydrogens (primary N) is 1. The quantitative estimate of drug-likeness (QED) is 0.827. The molecule has 0 aliphatic heterocycles. The van der Waals surface area contributed by atoms with Crippen molar-refractivity contribution in [3.8, 4) is 0 Å². The van der Waals surface area contributed by atoms with Gasteiger partial charge in [-0.25, -0.2) is 0 Å². The van der Waals surface area contributed by atoms with E-state index in [4.69, 9.17) is 5.73 Å². The second-order valence-corrected chi connectivity index (χ2v) is 5.34. The molecule has 0 aliphatic carbocycles. The van der Waals surface area contributed by atoms with Crippen molar-refractivity contribution in [3.63, 3.8) is 0 Å². The zero-order valence-electron chi connectivity index (χ0n) is 10.8. The third kappa shape index (κ3) is 3.58. The summed E-state index contributed by atoms with van der Waals surface area (Å²) in [6.07, 6.45) is 4.80. The molecule has 16 heavy (non-hydrogen) atoms. The molecule has 1 unspecified atom stereocenters. The molecule has 3 heteroatoms. The summed E-state index contributed by atoms with van der Waals surface area (Å²) in [5.41, 5.74) is 7.21. The van der Waals surface area contributed by atoms with Crippen molar-refractivity contribution in [2.75, 3.05) is 20.6 Å². The topological polar surface area (TPSA) is 42.1 Å². The fourth-order valence-electron chi connectivity index (χ4n) is 1.78. The lowest BCUT2D eigenvalue weighted by atomic mass is 9.83. The van der Waals surface area contributed by atoms with Gasteiger partial charge >= 0.3 is 0 Å². The van der Waals surface area contributed by atoms with Crippen LogP contribution in [0, 0.1) is 5.41 Å². The third-order valence-electron chi connectivity index (χ3n) is 2.99. The maximum Gasteiger partial charge on any atom is 0.0362 e. The average molecular weight is 221 g/mol. The Labute approximate surface area is 98.7 Å². The van der Waals surface area contributed by atoms with E-state index in [1.807, 2.05) is 18.5 Å². The molecule has 1 rings (SSSR count). The summed E-state index contributed by atoms with van der Waals surface area (Å²) >= 11 is 0. The highest BCUT2D eigenvalue weighted by molar-refractivity contribution is 5.14. The highest BCUT2D eigenvalue weighted by Crippen LogP contribution is 2.31. The molecule has 1 atom stereocenters. The van der Waals surface area contributed by atoms with Gasteiger partial charge in [0.05, 0.1) is 0 Å². The van der Waals surface area contributed by atoms with Crippen LogP contribution < -0.4 is 5.73 Å². The average Bonchev–Trinajstić information content (AvgIpc) is 2.27. The van der Waals surface area contributed by atoms with Gasteiger partial charge in [0, 0.05) is 18.4 Å². The van der Waals surface area contributed by atoms with Crippen LogP contribution in [0.5, 0.6) is 0 Å². The zero-order chi connectivity index (χ0) is 12.2. The van der Waals surface area contributed by atoms with Gasteiger partial charge in [0.15, 0.2) is 0 Å². The molecule has 1 heterocycles. The van der Waals surface area contributed by atoms with E-state index < -0.39 is 0 Å². The van der Waals surface area contributed by atoms with Crippen molar-refractivity contribution in [1.29, 1.82) is 0 Å². The van der Waals surface area contributed by atoms with Crippen molar-refractivity contribution < 1.29 is 0 Å². The molecule has 90 valence electrons. The highest BCUT2D eigenvalue weighted by Gasteiger charge is 2.24. The first-order valence-corrected chi connectivity index (χ1v) is 5.73. The predicted molar refractivity (Wildman–Crippen MR) is 68.1 cm³/mol. The van der Waals surface area contributed by atoms with Crippen molar-refractivity contribution in [2.24, 2.45) is 11.1 Å². The Balaban J connectivity index is 2.85. The molecule has 0 spiro atoms. The fourth-order valence-corrected chi connectivity index (χ4v) is 1.78. The van der Waals surface area contributed by atoms with E-state index in [1.165, 1.54) is 5.56 Å². The van der Waals surface area contributed by atoms with Crippen LogP contribution in [0.25, 0.3) is 0 Å². The van der Waals surface area contributed by atoms with E-state index in [9.17, 15) is 0 Å². The third-order valence-corrected chi connectivity index (χ3v) is 2.99. The molecule has 3 nitrogen and oxygen atoms in total. The van der Waals surface area contributed by atoms with Crippen molar-refractivity contribution >= 4 is 0 Å². The number of aromatic nitrogens is 1. The molecule has 0 fully saturated rings. The SMILES string of the molecule is CN(C)C(CC(C)(C)CN)c1cccnc1. The highest BCUT2D eigenvalue weighted by atomic mass is 15.1. The molecule has 1 aromatic rings. The molecule has 0 radical (unpaired) electrons. The first-order chi connectivity index (χ1) is 7.46. The normalized spacial score (nSPS) is 14.1. The number of pyridine rings is 1. The minimum atomic E-state index is 0.158. The summed E-state index contributed by atoms with van der Waals surface area (Å²) in [5.74, 6) is 0. The number of rotatable bonds is 5. The Hall–Kier alpha value is -0.930. The van der Waals surface area contributed by atoms with Crippen molar-refractivity contribution in [2.45, 2.75) is 26.3 Å². The summed E-state index contributed by atoms with van der Waals surface area (Å²) in [5, 5.41) is 0. The van der Waals surface area contributed by atoms with Gasteiger partial charge in [-0.3, -0.25) is 4.98 Å². The van der Waals surface area contributed by atoms with Crippen LogP contribution in [0.1, 0.15) is 31.9 Å². The van der Waals surface area contributed by atoms with Crippen LogP contribution >= 0.6 is 0 Å². The van der Waals surface area contributed by atoms with E-state index in [1.54, 1.807) is 0 Å². The van der Waals surface area contributed by atoms with Gasteiger partial charge < -0.3 is 10.6 Å². The Morgan fingerprint density at radius 3 is 2.56 bits per heavy atom. The molecule has 0 saturated carbocycles. The van der Waals surface area contributed by atoms with Crippen molar-refractivity contribution in [3.05, 3.63) is 30.1 Å². The maximum atomic E-state index is 5.80. The molecule has 0 aromatic carbocycles. The molecule has 0 bridgehead atoms. The Kier molecular flexibility index (Phi) is 4.44. The molecule has 0 saturated heterocycles. The monoisotopic (exact) mass is 221 g/mol. The van der Waals surface area contributed by atoms with Gasteiger partial charge in [-0.15, -0.1) is 0 Å². The first-order valence-electron chi connectivity index (χ1n) is 5.73. The summed E-state index contributed by atoms with van der Waals surface area (Å²) in [6.45, 7) is 5.12. The smallest absolute Gasteiger partial charge is 0.0362 e. The number of nitrogens with zero attached hydrogens (tertiary/aromatic N) is 2. The zero-order valence-corrected chi connectivity index (χ0v) is 10.8. The Morgan fingerprint density at radius 1 is 1.44 bits per heavy atom. The van der Waals surface area contributed by atoms with E-state index in [-0.39, 0.29) is 5.41 Å². The lowest BCUT2D eigenvalue weighted by molar-refractivity contribution is 0.202. The largest absolute Gasteiger partial charge is 0.330 e. The van der Waals surface area contributed by atoms with Gasteiger partial charge in [0.1, 0.15) is 0 Å². The number of hydrogen-bond acceptors (Lipinski definition) is 3. The predicted octanol–water partition coefficient (Wildman–Crippen LogP) is 2.06. The van der Waals surface area contributed by atoms with Crippen LogP contribution in [0.3, 0.4) is 0 Å². The Morgan fingerprint density at radius 2 is 2.12 bits per heavy atom. The van der Waals surface area contributed by atoms with Crippen LogP contribution in [-0.4, -0.2) is 30.5 Å². The molecule has 0 amide bonds. The van der Waals surface area contributed by atoms with Crippen LogP contribution in [0.2, 0.25) is 0 Å². The molecular weight excluding hydrogens is 198 g/mol. The van der Waals surface area contributed by atoms with Crippen LogP contribution in [0.15, 0.2) is 24.5 Å². The second kappa shape index (κ2) is 5.41. The van der Waals surface area contributed by atoms with Gasteiger partial charge in [-0.1, -0.05) is 19.9 Å². The van der Waals surface area contributed by atoms with E-state index in [0.717, 1.165) is 6.42 Å². The lowest BCUT2D eigenvalue weighted by Gasteiger charge is -2.32. The summed E-state index contributed by atoms with van der Waals surface area (Å²) in [7, 11) is 4.20. The van der Waals surface area contributed by atoms with E-state index in [0.29, 0.717) is 12.6 Å². The first kappa shape index (κ1) is 13.1. The summed E-state index contributed by atoms with van der Waals surface area (Å²) in [6, 6.07) is 4.50. The summed E-state index contributed by atoms with van der Waals surface area (Å²) < 4.78 is 0. The minimum Gasteiger partial charge on any atom is -0.330 e. The summed E-state index contributed by atoms with van der Waals surface area (Å²) in [4.78, 5) is 6.42. The molecule has 0 aliphatic rings. The van der Waals surface area contributed by atoms with Gasteiger partial charge in [-0.2, -0.15) is 0 Å². The maximum absolute atomic E-state index is 5.80. The fraction of sp³-hybridized carbons (Fsp3) is 0.615. The number of hydrogen-bond donors (Lipinski definition) is 1. The van der Waals surface area contributed by atoms with Gasteiger partial charge in [-0.05, 0) is 44.1 Å². The second-order valence-electron chi connectivity index (χ2n) is 5.34. The lowest BCUT2D eigenvalue weighted by Crippen LogP contribution is -2.31. The van der Waals surface area contributed by atoms with Crippen LogP contribution in [0.4, 0.5) is 0 Å². The molecule has 2 N–H and O–H groups in total. The van der Waals surface area contributed by atoms with Gasteiger partial charge in [0.2, 0.25) is 0 Å². The van der Waals surface area contributed by atoms with Gasteiger partial charge in [0.25, 0.3) is 0 Å². The molecular formula is C13H23N3. The Bertz CT molecular complexity index is 306. The van der Waals surface area contributed by atoms with E-state index >= 15 is 0 Å². The van der Waals surface area contributed by atoms with Crippen LogP contribution in [-0.2, 0) is 0 Å². The molecule has 1 aromatic heterocycles. The standard InChI is InChI=1S/C13H23N3/c1-13(2,10-14)8-12(16(3)4)11-6-5-7-15-9-11/h5-7,9,12H,8,10,14H2,1-4H3. The van der Waals surface area contributed by atoms with E-state index in [2.05, 4.69) is 43.9 Å².